The van der Waals surface area contributed by atoms with Crippen molar-refractivity contribution in [1.82, 2.24) is 15.0 Å². The number of aromatic nitrogens is 3. The van der Waals surface area contributed by atoms with E-state index in [2.05, 4.69) is 15.0 Å². The van der Waals surface area contributed by atoms with Gasteiger partial charge in [0.05, 0.1) is 11.7 Å². The second-order valence-electron chi connectivity index (χ2n) is 3.86. The summed E-state index contributed by atoms with van der Waals surface area (Å²) in [6, 6.07) is 9.48. The van der Waals surface area contributed by atoms with Gasteiger partial charge in [-0.05, 0) is 24.3 Å². The molecule has 0 aliphatic rings. The molecule has 5 nitrogen and oxygen atoms in total. The molecule has 0 atom stereocenters. The van der Waals surface area contributed by atoms with Crippen molar-refractivity contribution in [2.45, 2.75) is 0 Å². The molecule has 0 saturated carbocycles. The lowest BCUT2D eigenvalue weighted by Crippen LogP contribution is -1.95. The first-order valence-electron chi connectivity index (χ1n) is 5.37. The summed E-state index contributed by atoms with van der Waals surface area (Å²) in [5, 5.41) is 9.82. The molecule has 0 aliphatic carbocycles. The van der Waals surface area contributed by atoms with E-state index in [0.29, 0.717) is 5.82 Å². The lowest BCUT2D eigenvalue weighted by molar-refractivity contribution is 0.0691. The van der Waals surface area contributed by atoms with Crippen LogP contribution in [0, 0.1) is 0 Å². The molecule has 3 aromatic rings. The number of carboxylic acid groups (broad SMARTS) is 1. The number of aromatic amines is 1. The molecule has 18 heavy (non-hydrogen) atoms. The normalized spacial score (nSPS) is 10.7. The Balaban J connectivity index is 2.10. The molecular formula is C13H9N3O2. The maximum absolute atomic E-state index is 10.8. The zero-order valence-electron chi connectivity index (χ0n) is 9.29. The monoisotopic (exact) mass is 239 g/mol. The van der Waals surface area contributed by atoms with Crippen molar-refractivity contribution >= 4 is 16.9 Å². The summed E-state index contributed by atoms with van der Waals surface area (Å²) in [6.07, 6.45) is 3.04. The molecule has 0 fully saturated rings. The number of fused-ring (bicyclic) bond motifs is 1. The molecule has 0 saturated heterocycles. The quantitative estimate of drug-likeness (QED) is 0.719. The lowest BCUT2D eigenvalue weighted by atomic mass is 10.1. The summed E-state index contributed by atoms with van der Waals surface area (Å²) < 4.78 is 0. The van der Waals surface area contributed by atoms with E-state index in [0.717, 1.165) is 16.5 Å². The van der Waals surface area contributed by atoms with Gasteiger partial charge in [-0.25, -0.2) is 9.78 Å². The van der Waals surface area contributed by atoms with E-state index in [4.69, 9.17) is 5.11 Å². The Morgan fingerprint density at radius 3 is 2.89 bits per heavy atom. The highest BCUT2D eigenvalue weighted by atomic mass is 16.4. The van der Waals surface area contributed by atoms with Crippen molar-refractivity contribution in [3.63, 3.8) is 0 Å². The molecule has 2 heterocycles. The largest absolute Gasteiger partial charge is 0.477 e. The summed E-state index contributed by atoms with van der Waals surface area (Å²) >= 11 is 0. The molecule has 0 bridgehead atoms. The molecule has 0 radical (unpaired) electrons. The predicted octanol–water partition coefficient (Wildman–Crippen LogP) is 2.32. The first-order chi connectivity index (χ1) is 8.74. The number of nitrogens with one attached hydrogen (secondary N) is 1. The molecule has 0 spiro atoms. The number of carbonyl (C=O) groups is 1. The van der Waals surface area contributed by atoms with Crippen LogP contribution in [0.2, 0.25) is 0 Å². The van der Waals surface area contributed by atoms with Crippen LogP contribution in [0.5, 0.6) is 0 Å². The summed E-state index contributed by atoms with van der Waals surface area (Å²) in [7, 11) is 0. The van der Waals surface area contributed by atoms with Gasteiger partial charge >= 0.3 is 5.97 Å². The number of aromatic carboxylic acids is 1. The molecule has 5 heteroatoms. The van der Waals surface area contributed by atoms with Crippen LogP contribution >= 0.6 is 0 Å². The second kappa shape index (κ2) is 3.96. The van der Waals surface area contributed by atoms with Crippen molar-refractivity contribution in [2.75, 3.05) is 0 Å². The van der Waals surface area contributed by atoms with Crippen LogP contribution in [0.25, 0.3) is 22.3 Å². The Hall–Kier alpha value is -2.69. The van der Waals surface area contributed by atoms with E-state index >= 15 is 0 Å². The molecule has 0 amide bonds. The van der Waals surface area contributed by atoms with Crippen molar-refractivity contribution in [1.29, 1.82) is 0 Å². The van der Waals surface area contributed by atoms with E-state index < -0.39 is 5.97 Å². The highest BCUT2D eigenvalue weighted by Crippen LogP contribution is 2.20. The summed E-state index contributed by atoms with van der Waals surface area (Å²) in [4.78, 5) is 21.8. The maximum Gasteiger partial charge on any atom is 0.353 e. The number of carboxylic acids is 1. The Bertz CT molecular complexity index is 734. The minimum atomic E-state index is -1.02. The van der Waals surface area contributed by atoms with Crippen LogP contribution in [-0.2, 0) is 0 Å². The van der Waals surface area contributed by atoms with Crippen molar-refractivity contribution in [3.8, 4) is 11.4 Å². The van der Waals surface area contributed by atoms with Crippen LogP contribution in [0.15, 0.2) is 42.7 Å². The minimum Gasteiger partial charge on any atom is -0.477 e. The maximum atomic E-state index is 10.8. The van der Waals surface area contributed by atoms with Gasteiger partial charge in [0.2, 0.25) is 0 Å². The number of pyridine rings is 1. The van der Waals surface area contributed by atoms with E-state index in [9.17, 15) is 4.79 Å². The number of imidazole rings is 1. The van der Waals surface area contributed by atoms with Gasteiger partial charge in [-0.15, -0.1) is 0 Å². The average molecular weight is 239 g/mol. The van der Waals surface area contributed by atoms with E-state index in [1.807, 2.05) is 30.3 Å². The minimum absolute atomic E-state index is 0.0799. The average Bonchev–Trinajstić information content (AvgIpc) is 2.88. The van der Waals surface area contributed by atoms with Gasteiger partial charge in [-0.1, -0.05) is 6.07 Å². The van der Waals surface area contributed by atoms with E-state index in [1.54, 1.807) is 6.20 Å². The standard InChI is InChI=1S/C13H9N3O2/c17-13(18)11-7-15-12(16-11)9-3-4-10-8(6-9)2-1-5-14-10/h1-7H,(H,15,16)(H,17,18). The first kappa shape index (κ1) is 10.5. The molecule has 3 rings (SSSR count). The van der Waals surface area contributed by atoms with Crippen LogP contribution in [0.1, 0.15) is 10.5 Å². The van der Waals surface area contributed by atoms with Gasteiger partial charge in [-0.2, -0.15) is 0 Å². The molecule has 1 aromatic carbocycles. The Morgan fingerprint density at radius 2 is 2.11 bits per heavy atom. The molecule has 2 N–H and O–H groups in total. The number of H-pyrrole nitrogens is 1. The number of hydrogen-bond acceptors (Lipinski definition) is 3. The first-order valence-corrected chi connectivity index (χ1v) is 5.37. The number of benzene rings is 1. The zero-order chi connectivity index (χ0) is 12.5. The smallest absolute Gasteiger partial charge is 0.353 e. The van der Waals surface area contributed by atoms with Crippen molar-refractivity contribution in [2.24, 2.45) is 0 Å². The van der Waals surface area contributed by atoms with Gasteiger partial charge in [-0.3, -0.25) is 4.98 Å². The van der Waals surface area contributed by atoms with Crippen LogP contribution < -0.4 is 0 Å². The Kier molecular flexibility index (Phi) is 2.30. The van der Waals surface area contributed by atoms with Crippen molar-refractivity contribution in [3.05, 3.63) is 48.4 Å². The summed E-state index contributed by atoms with van der Waals surface area (Å²) in [6.45, 7) is 0. The second-order valence-corrected chi connectivity index (χ2v) is 3.86. The highest BCUT2D eigenvalue weighted by Gasteiger charge is 2.09. The van der Waals surface area contributed by atoms with Gasteiger partial charge in [0.15, 0.2) is 0 Å². The number of rotatable bonds is 2. The van der Waals surface area contributed by atoms with E-state index in [1.165, 1.54) is 6.20 Å². The third-order valence-corrected chi connectivity index (χ3v) is 2.68. The fraction of sp³-hybridized carbons (Fsp3) is 0. The molecule has 0 aliphatic heterocycles. The highest BCUT2D eigenvalue weighted by molar-refractivity contribution is 5.87. The van der Waals surface area contributed by atoms with Gasteiger partial charge in [0.1, 0.15) is 11.5 Å². The summed E-state index contributed by atoms with van der Waals surface area (Å²) in [5.74, 6) is -0.477. The fourth-order valence-electron chi connectivity index (χ4n) is 1.80. The third-order valence-electron chi connectivity index (χ3n) is 2.68. The third kappa shape index (κ3) is 1.71. The summed E-state index contributed by atoms with van der Waals surface area (Å²) in [5.41, 5.74) is 1.81. The van der Waals surface area contributed by atoms with Crippen LogP contribution in [-0.4, -0.2) is 26.0 Å². The fourth-order valence-corrected chi connectivity index (χ4v) is 1.80. The lowest BCUT2D eigenvalue weighted by Gasteiger charge is -2.00. The predicted molar refractivity (Wildman–Crippen MR) is 66.3 cm³/mol. The van der Waals surface area contributed by atoms with Crippen LogP contribution in [0.3, 0.4) is 0 Å². The Labute approximate surface area is 102 Å². The van der Waals surface area contributed by atoms with Crippen LogP contribution in [0.4, 0.5) is 0 Å². The van der Waals surface area contributed by atoms with Gasteiger partial charge in [0, 0.05) is 17.1 Å². The molecule has 0 unspecified atom stereocenters. The van der Waals surface area contributed by atoms with Gasteiger partial charge < -0.3 is 10.1 Å². The molecule has 2 aromatic heterocycles. The molecular weight excluding hydrogens is 230 g/mol. The number of nitrogens with zero attached hydrogens (tertiary/aromatic N) is 2. The topological polar surface area (TPSA) is 78.9 Å². The SMILES string of the molecule is O=C(O)c1cnc(-c2ccc3ncccc3c2)[nH]1. The number of hydrogen-bond donors (Lipinski definition) is 2. The van der Waals surface area contributed by atoms with Gasteiger partial charge in [0.25, 0.3) is 0 Å². The zero-order valence-corrected chi connectivity index (χ0v) is 9.29. The van der Waals surface area contributed by atoms with E-state index in [-0.39, 0.29) is 5.69 Å². The van der Waals surface area contributed by atoms with Crippen molar-refractivity contribution < 1.29 is 9.90 Å². The Morgan fingerprint density at radius 1 is 1.22 bits per heavy atom. The molecule has 88 valence electrons.